The number of hydrazone groups is 1. The molecule has 4 rings (SSSR count). The second kappa shape index (κ2) is 7.43. The summed E-state index contributed by atoms with van der Waals surface area (Å²) in [6, 6.07) is 11.6. The number of rotatable bonds is 3. The Morgan fingerprint density at radius 2 is 1.97 bits per heavy atom. The van der Waals surface area contributed by atoms with Crippen molar-refractivity contribution >= 4 is 50.3 Å². The Morgan fingerprint density at radius 1 is 1.20 bits per heavy atom. The number of anilines is 1. The van der Waals surface area contributed by atoms with Gasteiger partial charge in [-0.2, -0.15) is 5.10 Å². The standard InChI is InChI=1S/C24H24BrN3O2/c1-14-8-20-19(15(2)12-24(3,4)28(20)5)10-17(14)13-26-27-23(29)22-11-16-9-18(25)6-7-21(16)30-22/h6-13H,1-5H3,(H,27,29)/b26-13+. The maximum atomic E-state index is 12.4. The number of likely N-dealkylation sites (N-methyl/N-ethyl adjacent to an activating group) is 1. The summed E-state index contributed by atoms with van der Waals surface area (Å²) in [5.74, 6) is -0.156. The minimum Gasteiger partial charge on any atom is -0.451 e. The molecule has 1 N–H and O–H groups in total. The predicted octanol–water partition coefficient (Wildman–Crippen LogP) is 5.90. The van der Waals surface area contributed by atoms with Gasteiger partial charge in [0.1, 0.15) is 5.58 Å². The zero-order chi connectivity index (χ0) is 21.6. The fraction of sp³-hybridized carbons (Fsp3) is 0.250. The van der Waals surface area contributed by atoms with Crippen molar-refractivity contribution < 1.29 is 9.21 Å². The van der Waals surface area contributed by atoms with Crippen molar-refractivity contribution in [2.75, 3.05) is 11.9 Å². The van der Waals surface area contributed by atoms with Crippen molar-refractivity contribution in [3.8, 4) is 0 Å². The van der Waals surface area contributed by atoms with Crippen LogP contribution >= 0.6 is 15.9 Å². The normalized spacial score (nSPS) is 15.4. The number of aryl methyl sites for hydroxylation is 1. The molecule has 1 aliphatic rings. The van der Waals surface area contributed by atoms with Crippen LogP contribution in [0.3, 0.4) is 0 Å². The molecule has 2 aromatic carbocycles. The Balaban J connectivity index is 1.55. The van der Waals surface area contributed by atoms with Gasteiger partial charge in [0.25, 0.3) is 0 Å². The molecule has 0 fully saturated rings. The van der Waals surface area contributed by atoms with Gasteiger partial charge in [-0.25, -0.2) is 5.43 Å². The lowest BCUT2D eigenvalue weighted by Crippen LogP contribution is -2.42. The van der Waals surface area contributed by atoms with Gasteiger partial charge in [-0.15, -0.1) is 0 Å². The first-order valence-corrected chi connectivity index (χ1v) is 10.6. The molecule has 0 unspecified atom stereocenters. The second-order valence-electron chi connectivity index (χ2n) is 8.26. The summed E-state index contributed by atoms with van der Waals surface area (Å²) < 4.78 is 6.54. The van der Waals surface area contributed by atoms with Crippen molar-refractivity contribution in [2.45, 2.75) is 33.2 Å². The van der Waals surface area contributed by atoms with Crippen molar-refractivity contribution in [1.82, 2.24) is 5.43 Å². The maximum absolute atomic E-state index is 12.4. The van der Waals surface area contributed by atoms with Crippen molar-refractivity contribution in [3.05, 3.63) is 69.4 Å². The topological polar surface area (TPSA) is 57.8 Å². The van der Waals surface area contributed by atoms with Gasteiger partial charge in [0.2, 0.25) is 0 Å². The first-order valence-electron chi connectivity index (χ1n) is 9.76. The first kappa shape index (κ1) is 20.4. The van der Waals surface area contributed by atoms with E-state index in [1.807, 2.05) is 18.2 Å². The van der Waals surface area contributed by atoms with E-state index in [4.69, 9.17) is 4.42 Å². The molecule has 2 heterocycles. The highest BCUT2D eigenvalue weighted by molar-refractivity contribution is 9.10. The molecule has 5 nitrogen and oxygen atoms in total. The van der Waals surface area contributed by atoms with Crippen LogP contribution in [0.15, 0.2) is 56.5 Å². The van der Waals surface area contributed by atoms with Crippen LogP contribution < -0.4 is 10.3 Å². The number of halogens is 1. The van der Waals surface area contributed by atoms with E-state index in [-0.39, 0.29) is 17.2 Å². The van der Waals surface area contributed by atoms with Crippen LogP contribution in [0.5, 0.6) is 0 Å². The number of fused-ring (bicyclic) bond motifs is 2. The first-order chi connectivity index (χ1) is 14.2. The average Bonchev–Trinajstić information content (AvgIpc) is 3.10. The number of hydrogen-bond donors (Lipinski definition) is 1. The van der Waals surface area contributed by atoms with E-state index in [2.05, 4.69) is 84.3 Å². The predicted molar refractivity (Wildman–Crippen MR) is 126 cm³/mol. The zero-order valence-electron chi connectivity index (χ0n) is 17.7. The number of furan rings is 1. The highest BCUT2D eigenvalue weighted by Gasteiger charge is 2.28. The Labute approximate surface area is 184 Å². The molecule has 1 amide bonds. The monoisotopic (exact) mass is 465 g/mol. The highest BCUT2D eigenvalue weighted by atomic mass is 79.9. The molecule has 3 aromatic rings. The van der Waals surface area contributed by atoms with Crippen LogP contribution in [0.2, 0.25) is 0 Å². The molecule has 154 valence electrons. The molecule has 0 radical (unpaired) electrons. The summed E-state index contributed by atoms with van der Waals surface area (Å²) in [7, 11) is 2.11. The number of carbonyl (C=O) groups excluding carboxylic acids is 1. The third-order valence-electron chi connectivity index (χ3n) is 5.68. The Bertz CT molecular complexity index is 1220. The van der Waals surface area contributed by atoms with Gasteiger partial charge in [-0.1, -0.05) is 22.0 Å². The Morgan fingerprint density at radius 3 is 2.73 bits per heavy atom. The summed E-state index contributed by atoms with van der Waals surface area (Å²) in [5.41, 5.74) is 8.86. The fourth-order valence-electron chi connectivity index (χ4n) is 3.80. The van der Waals surface area contributed by atoms with Gasteiger partial charge in [-0.3, -0.25) is 4.79 Å². The molecule has 0 saturated carbocycles. The molecule has 30 heavy (non-hydrogen) atoms. The minimum atomic E-state index is -0.383. The maximum Gasteiger partial charge on any atom is 0.307 e. The van der Waals surface area contributed by atoms with E-state index in [0.29, 0.717) is 5.58 Å². The summed E-state index contributed by atoms with van der Waals surface area (Å²) in [5, 5.41) is 5.02. The Kier molecular flexibility index (Phi) is 5.06. The van der Waals surface area contributed by atoms with Gasteiger partial charge >= 0.3 is 5.91 Å². The van der Waals surface area contributed by atoms with Gasteiger partial charge in [0.15, 0.2) is 5.76 Å². The van der Waals surface area contributed by atoms with Gasteiger partial charge in [-0.05, 0) is 80.8 Å². The summed E-state index contributed by atoms with van der Waals surface area (Å²) in [4.78, 5) is 14.7. The Hall–Kier alpha value is -2.86. The summed E-state index contributed by atoms with van der Waals surface area (Å²) >= 11 is 3.42. The number of nitrogens with one attached hydrogen (secondary N) is 1. The largest absolute Gasteiger partial charge is 0.451 e. The molecule has 0 saturated heterocycles. The summed E-state index contributed by atoms with van der Waals surface area (Å²) in [6.07, 6.45) is 3.95. The molecular weight excluding hydrogens is 442 g/mol. The lowest BCUT2D eigenvalue weighted by atomic mass is 9.87. The van der Waals surface area contributed by atoms with Crippen LogP contribution in [0.4, 0.5) is 5.69 Å². The number of allylic oxidation sites excluding steroid dienone is 1. The third kappa shape index (κ3) is 3.67. The minimum absolute atomic E-state index is 0.0325. The fourth-order valence-corrected chi connectivity index (χ4v) is 4.18. The lowest BCUT2D eigenvalue weighted by molar-refractivity contribution is 0.0929. The van der Waals surface area contributed by atoms with E-state index in [1.165, 1.54) is 16.8 Å². The van der Waals surface area contributed by atoms with Gasteiger partial charge < -0.3 is 9.32 Å². The lowest BCUT2D eigenvalue weighted by Gasteiger charge is -2.41. The number of nitrogens with zero attached hydrogens (tertiary/aromatic N) is 2. The van der Waals surface area contributed by atoms with E-state index in [0.717, 1.165) is 21.0 Å². The molecule has 0 atom stereocenters. The highest BCUT2D eigenvalue weighted by Crippen LogP contribution is 2.39. The average molecular weight is 466 g/mol. The molecule has 0 aliphatic carbocycles. The SMILES string of the molecule is CC1=CC(C)(C)N(C)c2cc(C)c(/C=N/NC(=O)c3cc4cc(Br)ccc4o3)cc21. The second-order valence-corrected chi connectivity index (χ2v) is 9.17. The van der Waals surface area contributed by atoms with Crippen LogP contribution in [-0.4, -0.2) is 24.7 Å². The molecule has 0 spiro atoms. The number of carbonyl (C=O) groups is 1. The molecular formula is C24H24BrN3O2. The van der Waals surface area contributed by atoms with E-state index >= 15 is 0 Å². The third-order valence-corrected chi connectivity index (χ3v) is 6.17. The van der Waals surface area contributed by atoms with Gasteiger partial charge in [0, 0.05) is 28.2 Å². The van der Waals surface area contributed by atoms with Crippen LogP contribution in [0, 0.1) is 6.92 Å². The molecule has 6 heteroatoms. The van der Waals surface area contributed by atoms with E-state index < -0.39 is 0 Å². The van der Waals surface area contributed by atoms with E-state index in [1.54, 1.807) is 12.3 Å². The number of amides is 1. The number of benzene rings is 2. The van der Waals surface area contributed by atoms with Gasteiger partial charge in [0.05, 0.1) is 11.8 Å². The van der Waals surface area contributed by atoms with Crippen LogP contribution in [-0.2, 0) is 0 Å². The van der Waals surface area contributed by atoms with Crippen molar-refractivity contribution in [2.24, 2.45) is 5.10 Å². The van der Waals surface area contributed by atoms with E-state index in [9.17, 15) is 4.79 Å². The van der Waals surface area contributed by atoms with Crippen LogP contribution in [0.1, 0.15) is 48.0 Å². The molecule has 0 bridgehead atoms. The quantitative estimate of drug-likeness (QED) is 0.386. The van der Waals surface area contributed by atoms with Crippen molar-refractivity contribution in [3.63, 3.8) is 0 Å². The number of hydrogen-bond acceptors (Lipinski definition) is 4. The zero-order valence-corrected chi connectivity index (χ0v) is 19.3. The summed E-state index contributed by atoms with van der Waals surface area (Å²) in [6.45, 7) is 8.59. The van der Waals surface area contributed by atoms with Crippen LogP contribution in [0.25, 0.3) is 16.5 Å². The smallest absolute Gasteiger partial charge is 0.307 e. The molecule has 1 aliphatic heterocycles. The molecule has 1 aromatic heterocycles. The van der Waals surface area contributed by atoms with Crippen molar-refractivity contribution in [1.29, 1.82) is 0 Å².